The predicted octanol–water partition coefficient (Wildman–Crippen LogP) is 3.93. The molecule has 0 unspecified atom stereocenters. The lowest BCUT2D eigenvalue weighted by atomic mass is 9.59. The highest BCUT2D eigenvalue weighted by Crippen LogP contribution is 2.74. The Bertz CT molecular complexity index is 1110. The van der Waals surface area contributed by atoms with Crippen LogP contribution in [0.15, 0.2) is 23.3 Å². The molecule has 4 aliphatic rings. The molecule has 43 heavy (non-hydrogen) atoms. The molecule has 4 rings (SSSR count). The molecule has 9 nitrogen and oxygen atoms in total. The molecule has 0 radical (unpaired) electrons. The van der Waals surface area contributed by atoms with Crippen molar-refractivity contribution in [3.63, 3.8) is 0 Å². The number of aliphatic hydroxyl groups excluding tert-OH is 2. The third kappa shape index (κ3) is 6.43. The highest BCUT2D eigenvalue weighted by molar-refractivity contribution is 6.04. The van der Waals surface area contributed by atoms with Gasteiger partial charge in [0.2, 0.25) is 0 Å². The number of Topliss-reactive ketones (excluding diaryl/α,β-unsaturated/α-hetero) is 1. The molecule has 5 N–H and O–H groups in total. The first-order chi connectivity index (χ1) is 20.0. The largest absolute Gasteiger partial charge is 0.393 e. The molecule has 2 saturated carbocycles. The van der Waals surface area contributed by atoms with Gasteiger partial charge in [-0.05, 0) is 24.5 Å². The second-order valence-corrected chi connectivity index (χ2v) is 14.0. The number of ketones is 1. The van der Waals surface area contributed by atoms with Crippen LogP contribution in [-0.4, -0.2) is 72.8 Å². The minimum Gasteiger partial charge on any atom is -0.393 e. The van der Waals surface area contributed by atoms with E-state index in [-0.39, 0.29) is 19.0 Å². The Kier molecular flexibility index (Phi) is 11.3. The van der Waals surface area contributed by atoms with E-state index in [1.165, 1.54) is 51.9 Å². The smallest absolute Gasteiger partial charge is 0.313 e. The predicted molar refractivity (Wildman–Crippen MR) is 161 cm³/mol. The lowest BCUT2D eigenvalue weighted by Gasteiger charge is -2.51. The van der Waals surface area contributed by atoms with Crippen LogP contribution >= 0.6 is 0 Å². The van der Waals surface area contributed by atoms with Crippen molar-refractivity contribution in [3.8, 4) is 0 Å². The van der Waals surface area contributed by atoms with E-state index in [0.29, 0.717) is 17.6 Å². The Labute approximate surface area is 256 Å². The Hall–Kier alpha value is -1.91. The van der Waals surface area contributed by atoms with Gasteiger partial charge in [-0.1, -0.05) is 91.2 Å². The first kappa shape index (κ1) is 35.6. The third-order valence-corrected chi connectivity index (χ3v) is 10.8. The summed E-state index contributed by atoms with van der Waals surface area (Å²) in [4.78, 5) is 34.2. The van der Waals surface area contributed by atoms with E-state index in [9.17, 15) is 39.9 Å². The van der Waals surface area contributed by atoms with Crippen molar-refractivity contribution in [2.75, 3.05) is 6.61 Å². The van der Waals surface area contributed by atoms with Gasteiger partial charge in [-0.25, -0.2) is 0 Å². The van der Waals surface area contributed by atoms with Crippen LogP contribution in [0.3, 0.4) is 0 Å². The van der Waals surface area contributed by atoms with E-state index in [4.69, 9.17) is 0 Å². The molecule has 0 saturated heterocycles. The molecule has 0 aliphatic heterocycles. The Morgan fingerprint density at radius 3 is 2.07 bits per heavy atom. The van der Waals surface area contributed by atoms with E-state index >= 15 is 0 Å². The number of esters is 2. The fraction of sp³-hybridized carbons (Fsp3) is 0.794. The molecule has 0 aromatic carbocycles. The SMILES string of the molecule is CC1=C[C@H]2[C@@]3(O)[C@H](C)[C@@H](O)[C@]4(O)[C@H]([C@@H]3C=C(CO)C[C@]2(O)C1=O)C4(C)C.CCCCCCCCCCCC(=O)OC(C)=O. The number of hydrogen-bond donors (Lipinski definition) is 5. The number of aliphatic hydroxyl groups is 5. The number of rotatable bonds is 11. The number of fused-ring (bicyclic) bond motifs is 5. The number of hydrogen-bond acceptors (Lipinski definition) is 9. The molecule has 0 spiro atoms. The van der Waals surface area contributed by atoms with Gasteiger partial charge in [-0.15, -0.1) is 0 Å². The van der Waals surface area contributed by atoms with Crippen molar-refractivity contribution in [3.05, 3.63) is 23.3 Å². The quantitative estimate of drug-likeness (QED) is 0.102. The molecular formula is C34H54O9. The van der Waals surface area contributed by atoms with Crippen LogP contribution in [0.2, 0.25) is 0 Å². The number of ether oxygens (including phenoxy) is 1. The fourth-order valence-corrected chi connectivity index (χ4v) is 8.24. The van der Waals surface area contributed by atoms with E-state index in [0.717, 1.165) is 12.8 Å². The summed E-state index contributed by atoms with van der Waals surface area (Å²) < 4.78 is 4.44. The van der Waals surface area contributed by atoms with E-state index in [1.54, 1.807) is 26.0 Å². The lowest BCUT2D eigenvalue weighted by molar-refractivity contribution is -0.209. The summed E-state index contributed by atoms with van der Waals surface area (Å²) in [7, 11) is 0. The standard InChI is InChI=1S/C20H28O6.C14H26O3/c1-9-5-13-18(24,15(9)22)7-11(8-21)6-12-14-17(3,4)20(14,26)16(23)10(2)19(12,13)25;1-3-4-5-6-7-8-9-10-11-12-14(16)17-13(2)15/h5-6,10,12-14,16,21,23-26H,7-8H2,1-4H3;3-12H2,1-2H3/t10-,12+,13-,14-,16-,18-,19-,20-;/m1./s1. The zero-order valence-corrected chi connectivity index (χ0v) is 26.9. The summed E-state index contributed by atoms with van der Waals surface area (Å²) in [5.74, 6) is -4.04. The van der Waals surface area contributed by atoms with Crippen LogP contribution in [-0.2, 0) is 19.1 Å². The van der Waals surface area contributed by atoms with Crippen LogP contribution in [0.5, 0.6) is 0 Å². The highest BCUT2D eigenvalue weighted by atomic mass is 16.6. The van der Waals surface area contributed by atoms with Crippen molar-refractivity contribution < 1.29 is 44.7 Å². The summed E-state index contributed by atoms with van der Waals surface area (Å²) in [5, 5.41) is 54.9. The van der Waals surface area contributed by atoms with Crippen LogP contribution in [0.4, 0.5) is 0 Å². The Balaban J connectivity index is 0.000000261. The first-order valence-corrected chi connectivity index (χ1v) is 16.1. The average molecular weight is 607 g/mol. The van der Waals surface area contributed by atoms with Gasteiger partial charge in [0.25, 0.3) is 0 Å². The monoisotopic (exact) mass is 606 g/mol. The highest BCUT2D eigenvalue weighted by Gasteiger charge is 2.84. The summed E-state index contributed by atoms with van der Waals surface area (Å²) in [6, 6.07) is 0. The third-order valence-electron chi connectivity index (χ3n) is 10.8. The van der Waals surface area contributed by atoms with Crippen molar-refractivity contribution >= 4 is 17.7 Å². The van der Waals surface area contributed by atoms with Gasteiger partial charge in [0.15, 0.2) is 5.78 Å². The zero-order valence-electron chi connectivity index (χ0n) is 26.9. The first-order valence-electron chi connectivity index (χ1n) is 16.1. The maximum absolute atomic E-state index is 12.7. The molecule has 0 aromatic heterocycles. The second kappa shape index (κ2) is 13.6. The van der Waals surface area contributed by atoms with Crippen molar-refractivity contribution in [1.82, 2.24) is 0 Å². The molecule has 0 aromatic rings. The molecule has 0 bridgehead atoms. The van der Waals surface area contributed by atoms with Crippen LogP contribution in [0, 0.1) is 29.1 Å². The summed E-state index contributed by atoms with van der Waals surface area (Å²) in [6.45, 7) is 10.1. The Morgan fingerprint density at radius 1 is 0.977 bits per heavy atom. The maximum atomic E-state index is 12.7. The number of carbonyl (C=O) groups excluding carboxylic acids is 3. The number of carbonyl (C=O) groups is 3. The van der Waals surface area contributed by atoms with Crippen molar-refractivity contribution in [2.45, 2.75) is 135 Å². The molecule has 8 atom stereocenters. The fourth-order valence-electron chi connectivity index (χ4n) is 8.24. The molecular weight excluding hydrogens is 552 g/mol. The molecule has 9 heteroatoms. The minimum absolute atomic E-state index is 0.0615. The van der Waals surface area contributed by atoms with E-state index < -0.39 is 63.7 Å². The van der Waals surface area contributed by atoms with Gasteiger partial charge >= 0.3 is 11.9 Å². The number of unbranched alkanes of at least 4 members (excludes halogenated alkanes) is 8. The van der Waals surface area contributed by atoms with Crippen LogP contribution in [0.25, 0.3) is 0 Å². The topological polar surface area (TPSA) is 162 Å². The summed E-state index contributed by atoms with van der Waals surface area (Å²) >= 11 is 0. The van der Waals surface area contributed by atoms with Crippen LogP contribution in [0.1, 0.15) is 112 Å². The zero-order chi connectivity index (χ0) is 32.4. The minimum atomic E-state index is -1.84. The average Bonchev–Trinajstić information content (AvgIpc) is 3.34. The lowest BCUT2D eigenvalue weighted by Crippen LogP contribution is -2.65. The van der Waals surface area contributed by atoms with Gasteiger partial charge < -0.3 is 30.3 Å². The molecule has 4 aliphatic carbocycles. The molecule has 0 amide bonds. The van der Waals surface area contributed by atoms with Gasteiger partial charge in [-0.2, -0.15) is 0 Å². The van der Waals surface area contributed by atoms with Crippen molar-refractivity contribution in [2.24, 2.45) is 29.1 Å². The van der Waals surface area contributed by atoms with E-state index in [2.05, 4.69) is 11.7 Å². The normalized spacial score (nSPS) is 37.0. The Morgan fingerprint density at radius 2 is 1.53 bits per heavy atom. The van der Waals surface area contributed by atoms with Gasteiger partial charge in [0.05, 0.1) is 18.3 Å². The molecule has 244 valence electrons. The maximum Gasteiger partial charge on any atom is 0.313 e. The van der Waals surface area contributed by atoms with Crippen LogP contribution < -0.4 is 0 Å². The second-order valence-electron chi connectivity index (χ2n) is 14.0. The van der Waals surface area contributed by atoms with Gasteiger partial charge in [-0.3, -0.25) is 14.4 Å². The van der Waals surface area contributed by atoms with E-state index in [1.807, 2.05) is 13.8 Å². The van der Waals surface area contributed by atoms with Gasteiger partial charge in [0.1, 0.15) is 11.2 Å². The molecule has 2 fully saturated rings. The summed E-state index contributed by atoms with van der Waals surface area (Å²) in [6.07, 6.45) is 13.4. The summed E-state index contributed by atoms with van der Waals surface area (Å²) in [5.41, 5.74) is -4.57. The molecule has 0 heterocycles. The van der Waals surface area contributed by atoms with Crippen molar-refractivity contribution in [1.29, 1.82) is 0 Å². The van der Waals surface area contributed by atoms with Gasteiger partial charge in [0, 0.05) is 48.9 Å².